The molecular formula is C10H17NO2. The summed E-state index contributed by atoms with van der Waals surface area (Å²) < 4.78 is 0. The summed E-state index contributed by atoms with van der Waals surface area (Å²) in [6.45, 7) is 2.45. The Morgan fingerprint density at radius 3 is 2.69 bits per heavy atom. The van der Waals surface area contributed by atoms with E-state index in [9.17, 15) is 4.79 Å². The van der Waals surface area contributed by atoms with Crippen LogP contribution in [0.15, 0.2) is 5.70 Å². The summed E-state index contributed by atoms with van der Waals surface area (Å²) in [7, 11) is 0. The molecule has 1 rings (SSSR count). The molecule has 1 N–H and O–H groups in total. The lowest BCUT2D eigenvalue weighted by molar-refractivity contribution is 0.0642. The highest BCUT2D eigenvalue weighted by atomic mass is 16.6. The van der Waals surface area contributed by atoms with Gasteiger partial charge >= 0.3 is 0 Å². The Morgan fingerprint density at radius 2 is 2.15 bits per heavy atom. The van der Waals surface area contributed by atoms with E-state index in [4.69, 9.17) is 4.84 Å². The van der Waals surface area contributed by atoms with Crippen LogP contribution in [0.25, 0.3) is 0 Å². The van der Waals surface area contributed by atoms with Gasteiger partial charge in [0.25, 0.3) is 0 Å². The molecule has 0 aliphatic heterocycles. The van der Waals surface area contributed by atoms with Gasteiger partial charge in [-0.15, -0.1) is 0 Å². The third-order valence-corrected chi connectivity index (χ3v) is 2.45. The van der Waals surface area contributed by atoms with Gasteiger partial charge < -0.3 is 0 Å². The molecule has 1 fully saturated rings. The molecule has 0 aromatic rings. The fourth-order valence-electron chi connectivity index (χ4n) is 1.73. The fourth-order valence-corrected chi connectivity index (χ4v) is 1.73. The van der Waals surface area contributed by atoms with Crippen molar-refractivity contribution in [3.05, 3.63) is 5.70 Å². The van der Waals surface area contributed by atoms with E-state index in [1.165, 1.54) is 19.3 Å². The molecule has 0 bridgehead atoms. The Hall–Kier alpha value is -0.790. The average Bonchev–Trinajstić information content (AvgIpc) is 2.21. The van der Waals surface area contributed by atoms with Gasteiger partial charge in [-0.2, -0.15) is 0 Å². The maximum Gasteiger partial charge on any atom is 0.148 e. The third kappa shape index (κ3) is 3.21. The van der Waals surface area contributed by atoms with Gasteiger partial charge in [0.15, 0.2) is 0 Å². The summed E-state index contributed by atoms with van der Waals surface area (Å²) in [4.78, 5) is 15.6. The monoisotopic (exact) mass is 183 g/mol. The first kappa shape index (κ1) is 10.3. The summed E-state index contributed by atoms with van der Waals surface area (Å²) in [6.07, 6.45) is 5.89. The van der Waals surface area contributed by atoms with Gasteiger partial charge in [-0.3, -0.25) is 10.3 Å². The first-order chi connectivity index (χ1) is 6.38. The molecule has 0 saturated heterocycles. The molecule has 1 aliphatic carbocycles. The second kappa shape index (κ2) is 5.79. The van der Waals surface area contributed by atoms with E-state index >= 15 is 0 Å². The quantitative estimate of drug-likeness (QED) is 0.533. The second-order valence-corrected chi connectivity index (χ2v) is 3.39. The molecule has 0 amide bonds. The first-order valence-corrected chi connectivity index (χ1v) is 5.01. The third-order valence-electron chi connectivity index (χ3n) is 2.45. The minimum absolute atomic E-state index is 0.345. The van der Waals surface area contributed by atoms with Gasteiger partial charge in [-0.05, 0) is 19.8 Å². The maximum absolute atomic E-state index is 10.6. The van der Waals surface area contributed by atoms with Crippen LogP contribution in [0.2, 0.25) is 0 Å². The summed E-state index contributed by atoms with van der Waals surface area (Å²) in [5, 5.41) is 0. The van der Waals surface area contributed by atoms with Crippen LogP contribution in [0.4, 0.5) is 0 Å². The molecule has 0 spiro atoms. The number of allylic oxidation sites excluding steroid dienone is 1. The number of carbonyl (C=O) groups excluding carboxylic acids is 1. The van der Waals surface area contributed by atoms with Crippen molar-refractivity contribution < 1.29 is 9.63 Å². The van der Waals surface area contributed by atoms with E-state index in [2.05, 4.69) is 5.48 Å². The van der Waals surface area contributed by atoms with Crippen LogP contribution in [0.5, 0.6) is 0 Å². The highest BCUT2D eigenvalue weighted by Crippen LogP contribution is 2.27. The Bertz CT molecular complexity index is 191. The number of nitrogens with one attached hydrogen (secondary N) is 1. The van der Waals surface area contributed by atoms with Gasteiger partial charge in [0, 0.05) is 5.92 Å². The van der Waals surface area contributed by atoms with Crippen LogP contribution in [0.3, 0.4) is 0 Å². The lowest BCUT2D eigenvalue weighted by Gasteiger charge is -2.22. The van der Waals surface area contributed by atoms with Gasteiger partial charge in [0.2, 0.25) is 0 Å². The van der Waals surface area contributed by atoms with E-state index in [1.54, 1.807) is 0 Å². The summed E-state index contributed by atoms with van der Waals surface area (Å²) in [5.74, 6) is 2.28. The van der Waals surface area contributed by atoms with E-state index in [0.29, 0.717) is 18.2 Å². The van der Waals surface area contributed by atoms with Crippen molar-refractivity contribution in [2.45, 2.75) is 39.0 Å². The fraction of sp³-hybridized carbons (Fsp3) is 0.800. The van der Waals surface area contributed by atoms with E-state index in [-0.39, 0.29) is 0 Å². The molecule has 3 heteroatoms. The van der Waals surface area contributed by atoms with Crippen molar-refractivity contribution in [2.24, 2.45) is 5.92 Å². The van der Waals surface area contributed by atoms with Crippen LogP contribution >= 0.6 is 0 Å². The highest BCUT2D eigenvalue weighted by Gasteiger charge is 2.18. The zero-order valence-electron chi connectivity index (χ0n) is 8.14. The van der Waals surface area contributed by atoms with Crippen LogP contribution < -0.4 is 5.48 Å². The molecule has 13 heavy (non-hydrogen) atoms. The molecule has 0 heterocycles. The van der Waals surface area contributed by atoms with Crippen LogP contribution in [0, 0.1) is 5.92 Å². The molecule has 0 unspecified atom stereocenters. The van der Waals surface area contributed by atoms with E-state index in [1.807, 2.05) is 12.9 Å². The van der Waals surface area contributed by atoms with E-state index < -0.39 is 0 Å². The zero-order valence-corrected chi connectivity index (χ0v) is 8.14. The van der Waals surface area contributed by atoms with Crippen LogP contribution in [0.1, 0.15) is 39.0 Å². The minimum Gasteiger partial charge on any atom is -0.276 e. The SMILES string of the molecule is CCONC(=C=O)C1CCCCC1. The van der Waals surface area contributed by atoms with Crippen LogP contribution in [-0.2, 0) is 9.63 Å². The molecule has 0 aromatic carbocycles. The number of hydroxylamine groups is 1. The van der Waals surface area contributed by atoms with Gasteiger partial charge in [-0.1, -0.05) is 19.3 Å². The Labute approximate surface area is 79.1 Å². The second-order valence-electron chi connectivity index (χ2n) is 3.39. The maximum atomic E-state index is 10.6. The van der Waals surface area contributed by atoms with Gasteiger partial charge in [-0.25, -0.2) is 4.79 Å². The molecule has 1 saturated carbocycles. The number of rotatable bonds is 4. The Kier molecular flexibility index (Phi) is 4.58. The van der Waals surface area contributed by atoms with Crippen molar-refractivity contribution in [3.8, 4) is 0 Å². The topological polar surface area (TPSA) is 38.3 Å². The molecule has 0 aromatic heterocycles. The van der Waals surface area contributed by atoms with Crippen molar-refractivity contribution >= 4 is 5.94 Å². The number of hydrogen-bond donors (Lipinski definition) is 1. The predicted octanol–water partition coefficient (Wildman–Crippen LogP) is 1.82. The summed E-state index contributed by atoms with van der Waals surface area (Å²) in [5.41, 5.74) is 3.28. The first-order valence-electron chi connectivity index (χ1n) is 5.01. The smallest absolute Gasteiger partial charge is 0.148 e. The lowest BCUT2D eigenvalue weighted by atomic mass is 9.87. The summed E-state index contributed by atoms with van der Waals surface area (Å²) >= 11 is 0. The largest absolute Gasteiger partial charge is 0.276 e. The normalized spacial score (nSPS) is 17.9. The standard InChI is InChI=1S/C10H17NO2/c1-2-13-11-10(8-12)9-6-4-3-5-7-9/h9,11H,2-7H2,1H3. The highest BCUT2D eigenvalue weighted by molar-refractivity contribution is 5.51. The predicted molar refractivity (Wildman–Crippen MR) is 50.5 cm³/mol. The zero-order chi connectivity index (χ0) is 9.52. The molecular weight excluding hydrogens is 166 g/mol. The van der Waals surface area contributed by atoms with Crippen molar-refractivity contribution in [3.63, 3.8) is 0 Å². The van der Waals surface area contributed by atoms with Crippen molar-refractivity contribution in [2.75, 3.05) is 6.61 Å². The molecule has 0 radical (unpaired) electrons. The molecule has 3 nitrogen and oxygen atoms in total. The minimum atomic E-state index is 0.345. The number of hydrogen-bond acceptors (Lipinski definition) is 3. The van der Waals surface area contributed by atoms with Crippen molar-refractivity contribution in [1.29, 1.82) is 0 Å². The summed E-state index contributed by atoms with van der Waals surface area (Å²) in [6, 6.07) is 0. The van der Waals surface area contributed by atoms with Crippen LogP contribution in [-0.4, -0.2) is 12.5 Å². The van der Waals surface area contributed by atoms with Gasteiger partial charge in [0.05, 0.1) is 6.61 Å². The van der Waals surface area contributed by atoms with E-state index in [0.717, 1.165) is 12.8 Å². The average molecular weight is 183 g/mol. The molecule has 1 aliphatic rings. The lowest BCUT2D eigenvalue weighted by Crippen LogP contribution is -2.23. The molecule has 0 atom stereocenters. The van der Waals surface area contributed by atoms with Gasteiger partial charge in [0.1, 0.15) is 11.6 Å². The van der Waals surface area contributed by atoms with Crippen molar-refractivity contribution in [1.82, 2.24) is 5.48 Å². The molecule has 74 valence electrons. The Morgan fingerprint density at radius 1 is 1.46 bits per heavy atom. The Balaban J connectivity index is 2.40.